The predicted molar refractivity (Wildman–Crippen MR) is 254 cm³/mol. The number of aryl methyl sites for hydroxylation is 1. The zero-order chi connectivity index (χ0) is 45.1. The first kappa shape index (κ1) is 43.5. The summed E-state index contributed by atoms with van der Waals surface area (Å²) >= 11 is 1.62. The van der Waals surface area contributed by atoms with Crippen LogP contribution in [-0.4, -0.2) is 69.6 Å². The predicted octanol–water partition coefficient (Wildman–Crippen LogP) is 11.0. The van der Waals surface area contributed by atoms with E-state index in [1.54, 1.807) is 78.4 Å². The number of aromatic nitrogens is 8. The van der Waals surface area contributed by atoms with E-state index in [2.05, 4.69) is 51.3 Å². The lowest BCUT2D eigenvalue weighted by atomic mass is 10.0. The number of H-pyrrole nitrogens is 1. The van der Waals surface area contributed by atoms with Crippen molar-refractivity contribution in [3.05, 3.63) is 169 Å². The van der Waals surface area contributed by atoms with Crippen molar-refractivity contribution in [1.82, 2.24) is 44.8 Å². The van der Waals surface area contributed by atoms with E-state index in [4.69, 9.17) is 9.47 Å². The van der Waals surface area contributed by atoms with Gasteiger partial charge in [0, 0.05) is 73.5 Å². The summed E-state index contributed by atoms with van der Waals surface area (Å²) in [6, 6.07) is 34.0. The molecule has 1 amide bonds. The fourth-order valence-electron chi connectivity index (χ4n) is 6.83. The molecule has 4 aromatic carbocycles. The number of amides is 1. The number of ketones is 1. The number of hydrogen-bond acceptors (Lipinski definition) is 13. The van der Waals surface area contributed by atoms with E-state index in [0.717, 1.165) is 48.9 Å². The van der Waals surface area contributed by atoms with Crippen LogP contribution in [0, 0.1) is 6.92 Å². The zero-order valence-corrected chi connectivity index (χ0v) is 36.9. The molecule has 0 atom stereocenters. The quantitative estimate of drug-likeness (QED) is 0.125. The lowest BCUT2D eigenvalue weighted by Gasteiger charge is -2.25. The van der Waals surface area contributed by atoms with Gasteiger partial charge in [-0.25, -0.2) is 29.9 Å². The highest BCUT2D eigenvalue weighted by Gasteiger charge is 2.20. The van der Waals surface area contributed by atoms with E-state index in [9.17, 15) is 9.59 Å². The SMILES string of the molecule is CC.CC(=O)N1CC=C(c2nccnc2Oc2ccc(C(=O)c3nc4ccccc4[nH]3)cc2)CC1.Cc1cc(-c2nccnc2Oc2ccc(Nc3nc4ccccc4s3)cc2)ccn1. The number of anilines is 2. The first-order valence-electron chi connectivity index (χ1n) is 21.0. The van der Waals surface area contributed by atoms with Gasteiger partial charge in [-0.3, -0.25) is 14.6 Å². The number of fused-ring (bicyclic) bond motifs is 2. The average Bonchev–Trinajstić information content (AvgIpc) is 3.98. The van der Waals surface area contributed by atoms with Gasteiger partial charge in [0.05, 0.1) is 21.3 Å². The zero-order valence-electron chi connectivity index (χ0n) is 36.1. The Hall–Kier alpha value is -8.17. The number of imidazole rings is 1. The Morgan fingerprint density at radius 1 is 0.708 bits per heavy atom. The monoisotopic (exact) mass is 880 g/mol. The minimum atomic E-state index is -0.194. The third-order valence-electron chi connectivity index (χ3n) is 10.0. The van der Waals surface area contributed by atoms with Gasteiger partial charge in [-0.05, 0) is 104 Å². The number of carbonyl (C=O) groups excluding carboxylic acids is 2. The number of carbonyl (C=O) groups is 2. The van der Waals surface area contributed by atoms with Crippen molar-refractivity contribution >= 4 is 60.7 Å². The number of aromatic amines is 1. The van der Waals surface area contributed by atoms with Gasteiger partial charge >= 0.3 is 0 Å². The van der Waals surface area contributed by atoms with Gasteiger partial charge in [-0.1, -0.05) is 55.5 Å². The summed E-state index contributed by atoms with van der Waals surface area (Å²) in [5.41, 5.74) is 8.15. The van der Waals surface area contributed by atoms with Crippen molar-refractivity contribution in [1.29, 1.82) is 0 Å². The van der Waals surface area contributed by atoms with Gasteiger partial charge in [0.2, 0.25) is 23.5 Å². The summed E-state index contributed by atoms with van der Waals surface area (Å²) in [6.45, 7) is 8.69. The van der Waals surface area contributed by atoms with Crippen LogP contribution in [0.4, 0.5) is 10.8 Å². The first-order chi connectivity index (χ1) is 31.8. The Kier molecular flexibility index (Phi) is 13.6. The van der Waals surface area contributed by atoms with Gasteiger partial charge < -0.3 is 24.7 Å². The van der Waals surface area contributed by atoms with Gasteiger partial charge in [0.25, 0.3) is 0 Å². The van der Waals surface area contributed by atoms with Crippen molar-refractivity contribution < 1.29 is 19.1 Å². The highest BCUT2D eigenvalue weighted by atomic mass is 32.1. The molecule has 0 spiro atoms. The molecule has 324 valence electrons. The number of thiazole rings is 1. The second kappa shape index (κ2) is 20.3. The van der Waals surface area contributed by atoms with Crippen molar-refractivity contribution in [2.45, 2.75) is 34.1 Å². The number of hydrogen-bond donors (Lipinski definition) is 2. The number of benzene rings is 4. The van der Waals surface area contributed by atoms with Crippen LogP contribution in [0.1, 0.15) is 54.8 Å². The fourth-order valence-corrected chi connectivity index (χ4v) is 7.72. The Bertz CT molecular complexity index is 3050. The molecule has 10 rings (SSSR count). The fraction of sp³-hybridized carbons (Fsp3) is 0.140. The number of nitrogens with one attached hydrogen (secondary N) is 2. The summed E-state index contributed by atoms with van der Waals surface area (Å²) in [4.78, 5) is 60.1. The van der Waals surface area contributed by atoms with Gasteiger partial charge in [0.15, 0.2) is 11.0 Å². The molecule has 65 heavy (non-hydrogen) atoms. The van der Waals surface area contributed by atoms with Crippen LogP contribution < -0.4 is 14.8 Å². The first-order valence-corrected chi connectivity index (χ1v) is 21.8. The summed E-state index contributed by atoms with van der Waals surface area (Å²) in [7, 11) is 0. The standard InChI is InChI=1S/C25H21N5O3.C23H17N5OS.C2H6/c1-16(31)30-14-10-17(11-15-30)22-25(27-13-12-26-22)33-19-8-6-18(7-9-19)23(32)24-28-20-4-2-3-5-21(20)29-24;1-15-14-16(10-11-24-15)21-22(26-13-12-25-21)29-18-8-6-17(7-9-18)27-23-28-19-4-2-3-5-20(19)30-23;1-2/h2-10,12-13H,11,14-15H2,1H3,(H,28,29);2-14H,1H3,(H,27,28);1-2H3. The van der Waals surface area contributed by atoms with Crippen LogP contribution in [0.3, 0.4) is 0 Å². The van der Waals surface area contributed by atoms with Crippen LogP contribution in [0.5, 0.6) is 23.3 Å². The molecule has 15 heteroatoms. The van der Waals surface area contributed by atoms with Crippen LogP contribution in [0.25, 0.3) is 38.1 Å². The van der Waals surface area contributed by atoms with Crippen molar-refractivity contribution in [3.63, 3.8) is 0 Å². The van der Waals surface area contributed by atoms with E-state index in [1.807, 2.05) is 106 Å². The minimum Gasteiger partial charge on any atom is -0.437 e. The van der Waals surface area contributed by atoms with Crippen molar-refractivity contribution in [2.24, 2.45) is 0 Å². The summed E-state index contributed by atoms with van der Waals surface area (Å²) in [5.74, 6) is 2.21. The second-order valence-corrected chi connectivity index (χ2v) is 15.4. The van der Waals surface area contributed by atoms with E-state index < -0.39 is 0 Å². The molecule has 0 radical (unpaired) electrons. The summed E-state index contributed by atoms with van der Waals surface area (Å²) < 4.78 is 13.2. The van der Waals surface area contributed by atoms with E-state index >= 15 is 0 Å². The highest BCUT2D eigenvalue weighted by molar-refractivity contribution is 7.22. The molecular weight excluding hydrogens is 837 g/mol. The number of pyridine rings is 1. The maximum Gasteiger partial charge on any atom is 0.246 e. The van der Waals surface area contributed by atoms with Crippen LogP contribution in [-0.2, 0) is 4.79 Å². The molecule has 6 heterocycles. The van der Waals surface area contributed by atoms with Crippen LogP contribution in [0.2, 0.25) is 0 Å². The largest absolute Gasteiger partial charge is 0.437 e. The molecule has 14 nitrogen and oxygen atoms in total. The molecule has 5 aromatic heterocycles. The van der Waals surface area contributed by atoms with Gasteiger partial charge in [-0.2, -0.15) is 0 Å². The smallest absolute Gasteiger partial charge is 0.246 e. The highest BCUT2D eigenvalue weighted by Crippen LogP contribution is 2.33. The molecule has 2 N–H and O–H groups in total. The van der Waals surface area contributed by atoms with Crippen LogP contribution >= 0.6 is 11.3 Å². The molecule has 0 aliphatic carbocycles. The maximum atomic E-state index is 12.8. The molecule has 0 unspecified atom stereocenters. The Morgan fingerprint density at radius 2 is 1.35 bits per heavy atom. The lowest BCUT2D eigenvalue weighted by molar-refractivity contribution is -0.128. The van der Waals surface area contributed by atoms with E-state index in [0.29, 0.717) is 65.5 Å². The third-order valence-corrected chi connectivity index (χ3v) is 11.0. The van der Waals surface area contributed by atoms with Crippen LogP contribution in [0.15, 0.2) is 146 Å². The van der Waals surface area contributed by atoms with E-state index in [1.165, 1.54) is 0 Å². The molecule has 1 aliphatic rings. The Morgan fingerprint density at radius 3 is 2.02 bits per heavy atom. The summed E-state index contributed by atoms with van der Waals surface area (Å²) in [6.07, 6.45) is 10.9. The number of ether oxygens (including phenoxy) is 2. The molecular formula is C50H44N10O4S. The topological polar surface area (TPSA) is 174 Å². The average molecular weight is 881 g/mol. The molecule has 0 fully saturated rings. The number of rotatable bonds is 10. The molecule has 0 saturated carbocycles. The molecule has 0 saturated heterocycles. The van der Waals surface area contributed by atoms with E-state index in [-0.39, 0.29) is 11.7 Å². The summed E-state index contributed by atoms with van der Waals surface area (Å²) in [5, 5.41) is 4.20. The maximum absolute atomic E-state index is 12.8. The Balaban J connectivity index is 0.000000171. The lowest BCUT2D eigenvalue weighted by Crippen LogP contribution is -2.32. The third kappa shape index (κ3) is 10.6. The number of para-hydroxylation sites is 3. The minimum absolute atomic E-state index is 0.0539. The normalized spacial score (nSPS) is 12.0. The molecule has 0 bridgehead atoms. The Labute approximate surface area is 379 Å². The molecule has 9 aromatic rings. The molecule has 1 aliphatic heterocycles. The van der Waals surface area contributed by atoms with Gasteiger partial charge in [0.1, 0.15) is 22.9 Å². The number of nitrogens with zero attached hydrogens (tertiary/aromatic N) is 8. The van der Waals surface area contributed by atoms with Crippen molar-refractivity contribution in [3.8, 4) is 34.5 Å². The van der Waals surface area contributed by atoms with Gasteiger partial charge in [-0.15, -0.1) is 0 Å². The van der Waals surface area contributed by atoms with Crippen molar-refractivity contribution in [2.75, 3.05) is 18.4 Å². The second-order valence-electron chi connectivity index (χ2n) is 14.3.